The quantitative estimate of drug-likeness (QED) is 0.577. The van der Waals surface area contributed by atoms with Crippen LogP contribution in [0.5, 0.6) is 0 Å². The molecule has 128 valence electrons. The number of carbonyl (C=O) groups is 1. The maximum absolute atomic E-state index is 12.3. The summed E-state index contributed by atoms with van der Waals surface area (Å²) in [5, 5.41) is 10.4. The van der Waals surface area contributed by atoms with Crippen LogP contribution in [0.4, 0.5) is 5.82 Å². The van der Waals surface area contributed by atoms with Crippen LogP contribution in [0.15, 0.2) is 52.2 Å². The summed E-state index contributed by atoms with van der Waals surface area (Å²) in [6, 6.07) is 11.0. The number of aromatic amines is 1. The normalized spacial score (nSPS) is 12.0. The molecule has 25 heavy (non-hydrogen) atoms. The van der Waals surface area contributed by atoms with E-state index in [0.29, 0.717) is 21.8 Å². The highest BCUT2D eigenvalue weighted by atomic mass is 79.9. The van der Waals surface area contributed by atoms with E-state index in [4.69, 9.17) is 11.6 Å². The standard InChI is InChI=1S/C16H13BrClN5OS/c1-9(15(24)20-13-7-6-10(18)8-19-13)25-16-21-14(22-23-16)11-4-2-3-5-12(11)17/h2-9H,1H3,(H,19,20,24)(H,21,22,23). The van der Waals surface area contributed by atoms with Crippen molar-refractivity contribution in [3.8, 4) is 11.4 Å². The predicted octanol–water partition coefficient (Wildman–Crippen LogP) is 4.40. The number of amides is 1. The Morgan fingerprint density at radius 1 is 1.32 bits per heavy atom. The van der Waals surface area contributed by atoms with Gasteiger partial charge in [-0.15, -0.1) is 5.10 Å². The van der Waals surface area contributed by atoms with E-state index in [2.05, 4.69) is 41.4 Å². The minimum absolute atomic E-state index is 0.188. The maximum Gasteiger partial charge on any atom is 0.238 e. The van der Waals surface area contributed by atoms with E-state index in [1.165, 1.54) is 18.0 Å². The molecule has 3 rings (SSSR count). The fourth-order valence-electron chi connectivity index (χ4n) is 1.96. The predicted molar refractivity (Wildman–Crippen MR) is 103 cm³/mol. The lowest BCUT2D eigenvalue weighted by molar-refractivity contribution is -0.115. The van der Waals surface area contributed by atoms with Crippen molar-refractivity contribution < 1.29 is 4.79 Å². The molecule has 0 spiro atoms. The van der Waals surface area contributed by atoms with Gasteiger partial charge in [-0.1, -0.05) is 57.5 Å². The van der Waals surface area contributed by atoms with E-state index in [0.717, 1.165) is 10.0 Å². The number of hydrogen-bond acceptors (Lipinski definition) is 5. The average Bonchev–Trinajstić information content (AvgIpc) is 3.05. The zero-order valence-electron chi connectivity index (χ0n) is 13.0. The van der Waals surface area contributed by atoms with Gasteiger partial charge in [-0.05, 0) is 25.1 Å². The Morgan fingerprint density at radius 3 is 2.84 bits per heavy atom. The molecular weight excluding hydrogens is 426 g/mol. The summed E-state index contributed by atoms with van der Waals surface area (Å²) < 4.78 is 0.919. The van der Waals surface area contributed by atoms with Crippen molar-refractivity contribution in [1.82, 2.24) is 20.2 Å². The van der Waals surface area contributed by atoms with Crippen LogP contribution in [0.25, 0.3) is 11.4 Å². The summed E-state index contributed by atoms with van der Waals surface area (Å²) in [5.41, 5.74) is 0.907. The highest BCUT2D eigenvalue weighted by molar-refractivity contribution is 9.10. The molecule has 0 bridgehead atoms. The third kappa shape index (κ3) is 4.59. The van der Waals surface area contributed by atoms with Crippen molar-refractivity contribution in [3.05, 3.63) is 52.1 Å². The number of carbonyl (C=O) groups excluding carboxylic acids is 1. The number of pyridine rings is 1. The van der Waals surface area contributed by atoms with Crippen molar-refractivity contribution in [1.29, 1.82) is 0 Å². The molecule has 3 aromatic rings. The third-order valence-electron chi connectivity index (χ3n) is 3.22. The SMILES string of the molecule is CC(Sc1n[nH]c(-c2ccccc2Br)n1)C(=O)Nc1ccc(Cl)cn1. The van der Waals surface area contributed by atoms with E-state index in [-0.39, 0.29) is 11.2 Å². The molecule has 0 fully saturated rings. The fraction of sp³-hybridized carbons (Fsp3) is 0.125. The summed E-state index contributed by atoms with van der Waals surface area (Å²) in [7, 11) is 0. The van der Waals surface area contributed by atoms with Gasteiger partial charge in [0.05, 0.1) is 10.3 Å². The molecule has 0 radical (unpaired) electrons. The van der Waals surface area contributed by atoms with Crippen molar-refractivity contribution in [2.24, 2.45) is 0 Å². The Labute approximate surface area is 161 Å². The molecule has 6 nitrogen and oxygen atoms in total. The maximum atomic E-state index is 12.3. The Balaban J connectivity index is 1.65. The Kier molecular flexibility index (Phi) is 5.72. The van der Waals surface area contributed by atoms with Crippen LogP contribution in [-0.4, -0.2) is 31.3 Å². The van der Waals surface area contributed by atoms with E-state index < -0.39 is 0 Å². The van der Waals surface area contributed by atoms with E-state index in [1.54, 1.807) is 19.1 Å². The largest absolute Gasteiger partial charge is 0.310 e. The van der Waals surface area contributed by atoms with Crippen LogP contribution in [0.3, 0.4) is 0 Å². The molecule has 0 saturated heterocycles. The van der Waals surface area contributed by atoms with Gasteiger partial charge in [0.2, 0.25) is 11.1 Å². The summed E-state index contributed by atoms with van der Waals surface area (Å²) in [6.07, 6.45) is 1.48. The smallest absolute Gasteiger partial charge is 0.238 e. The highest BCUT2D eigenvalue weighted by Crippen LogP contribution is 2.27. The number of benzene rings is 1. The molecule has 1 atom stereocenters. The van der Waals surface area contributed by atoms with Crippen molar-refractivity contribution in [2.45, 2.75) is 17.3 Å². The molecule has 0 aliphatic carbocycles. The number of rotatable bonds is 5. The highest BCUT2D eigenvalue weighted by Gasteiger charge is 2.18. The summed E-state index contributed by atoms with van der Waals surface area (Å²) in [6.45, 7) is 1.78. The van der Waals surface area contributed by atoms with Crippen molar-refractivity contribution in [3.63, 3.8) is 0 Å². The first-order chi connectivity index (χ1) is 12.0. The van der Waals surface area contributed by atoms with Crippen molar-refractivity contribution >= 4 is 51.0 Å². The molecular formula is C16H13BrClN5OS. The number of halogens is 2. The van der Waals surface area contributed by atoms with Gasteiger partial charge in [0.15, 0.2) is 5.82 Å². The molecule has 1 unspecified atom stereocenters. The zero-order chi connectivity index (χ0) is 17.8. The first-order valence-electron chi connectivity index (χ1n) is 7.29. The fourth-order valence-corrected chi connectivity index (χ4v) is 3.27. The summed E-state index contributed by atoms with van der Waals surface area (Å²) in [4.78, 5) is 20.7. The molecule has 2 heterocycles. The van der Waals surface area contributed by atoms with Crippen LogP contribution in [-0.2, 0) is 4.79 Å². The van der Waals surface area contributed by atoms with Gasteiger partial charge < -0.3 is 5.32 Å². The summed E-state index contributed by atoms with van der Waals surface area (Å²) >= 11 is 10.5. The molecule has 2 aromatic heterocycles. The number of nitrogens with one attached hydrogen (secondary N) is 2. The number of aromatic nitrogens is 4. The van der Waals surface area contributed by atoms with Crippen molar-refractivity contribution in [2.75, 3.05) is 5.32 Å². The van der Waals surface area contributed by atoms with Crippen LogP contribution in [0, 0.1) is 0 Å². The molecule has 1 aromatic carbocycles. The number of thioether (sulfide) groups is 1. The zero-order valence-corrected chi connectivity index (χ0v) is 16.2. The summed E-state index contributed by atoms with van der Waals surface area (Å²) in [5.74, 6) is 0.903. The minimum atomic E-state index is -0.389. The molecule has 1 amide bonds. The number of nitrogens with zero attached hydrogens (tertiary/aromatic N) is 3. The van der Waals surface area contributed by atoms with Gasteiger partial charge in [-0.25, -0.2) is 9.97 Å². The van der Waals surface area contributed by atoms with Crippen LogP contribution < -0.4 is 5.32 Å². The first kappa shape index (κ1) is 17.9. The third-order valence-corrected chi connectivity index (χ3v) is 5.10. The number of anilines is 1. The van der Waals surface area contributed by atoms with Gasteiger partial charge in [-0.2, -0.15) is 0 Å². The number of hydrogen-bond donors (Lipinski definition) is 2. The van der Waals surface area contributed by atoms with Crippen LogP contribution >= 0.6 is 39.3 Å². The van der Waals surface area contributed by atoms with Gasteiger partial charge in [0.1, 0.15) is 5.82 Å². The second-order valence-corrected chi connectivity index (χ2v) is 7.66. The number of H-pyrrole nitrogens is 1. The van der Waals surface area contributed by atoms with Gasteiger partial charge in [0.25, 0.3) is 0 Å². The lowest BCUT2D eigenvalue weighted by Crippen LogP contribution is -2.23. The first-order valence-corrected chi connectivity index (χ1v) is 9.34. The van der Waals surface area contributed by atoms with Crippen LogP contribution in [0.1, 0.15) is 6.92 Å². The van der Waals surface area contributed by atoms with E-state index in [1.807, 2.05) is 24.3 Å². The minimum Gasteiger partial charge on any atom is -0.310 e. The second kappa shape index (κ2) is 7.99. The topological polar surface area (TPSA) is 83.6 Å². The molecule has 9 heteroatoms. The Bertz CT molecular complexity index is 886. The van der Waals surface area contributed by atoms with Gasteiger partial charge in [0, 0.05) is 16.2 Å². The average molecular weight is 439 g/mol. The Hall–Kier alpha value is -1.90. The molecule has 0 saturated carbocycles. The monoisotopic (exact) mass is 437 g/mol. The molecule has 0 aliphatic heterocycles. The van der Waals surface area contributed by atoms with E-state index in [9.17, 15) is 4.79 Å². The molecule has 0 aliphatic rings. The van der Waals surface area contributed by atoms with Gasteiger partial charge in [-0.3, -0.25) is 9.89 Å². The van der Waals surface area contributed by atoms with Crippen LogP contribution in [0.2, 0.25) is 5.02 Å². The molecule has 2 N–H and O–H groups in total. The Morgan fingerprint density at radius 2 is 2.12 bits per heavy atom. The van der Waals surface area contributed by atoms with E-state index >= 15 is 0 Å². The van der Waals surface area contributed by atoms with Gasteiger partial charge >= 0.3 is 0 Å². The second-order valence-electron chi connectivity index (χ2n) is 5.06. The lowest BCUT2D eigenvalue weighted by atomic mass is 10.2. The lowest BCUT2D eigenvalue weighted by Gasteiger charge is -2.09.